The van der Waals surface area contributed by atoms with Crippen molar-refractivity contribution < 1.29 is 13.2 Å². The fourth-order valence-electron chi connectivity index (χ4n) is 3.68. The van der Waals surface area contributed by atoms with Crippen LogP contribution >= 0.6 is 0 Å². The van der Waals surface area contributed by atoms with Crippen molar-refractivity contribution in [2.45, 2.75) is 44.6 Å². The number of amides is 1. The van der Waals surface area contributed by atoms with E-state index in [4.69, 9.17) is 0 Å². The van der Waals surface area contributed by atoms with E-state index in [0.29, 0.717) is 37.0 Å². The van der Waals surface area contributed by atoms with Gasteiger partial charge in [0, 0.05) is 32.2 Å². The number of piperazine rings is 1. The fourth-order valence-corrected chi connectivity index (χ4v) is 5.10. The molecule has 6 nitrogen and oxygen atoms in total. The predicted molar refractivity (Wildman–Crippen MR) is 123 cm³/mol. The first-order valence-electron chi connectivity index (χ1n) is 10.9. The summed E-state index contributed by atoms with van der Waals surface area (Å²) in [5.74, 6) is 0.491. The zero-order valence-corrected chi connectivity index (χ0v) is 19.7. The van der Waals surface area contributed by atoms with Gasteiger partial charge in [-0.2, -0.15) is 4.31 Å². The van der Waals surface area contributed by atoms with Crippen LogP contribution < -0.4 is 5.32 Å². The van der Waals surface area contributed by atoms with Crippen LogP contribution in [0.2, 0.25) is 0 Å². The van der Waals surface area contributed by atoms with E-state index in [2.05, 4.69) is 43.4 Å². The van der Waals surface area contributed by atoms with Gasteiger partial charge in [0.1, 0.15) is 0 Å². The highest BCUT2D eigenvalue weighted by Gasteiger charge is 2.30. The molecule has 7 heteroatoms. The molecule has 1 N–H and O–H groups in total. The molecular weight excluding hydrogens is 410 g/mol. The Labute approximate surface area is 186 Å². The Kier molecular flexibility index (Phi) is 7.51. The van der Waals surface area contributed by atoms with Crippen LogP contribution in [0.4, 0.5) is 0 Å². The highest BCUT2D eigenvalue weighted by Crippen LogP contribution is 2.20. The van der Waals surface area contributed by atoms with Gasteiger partial charge in [0.05, 0.1) is 11.4 Å². The molecule has 0 aliphatic carbocycles. The first-order valence-corrected chi connectivity index (χ1v) is 12.3. The van der Waals surface area contributed by atoms with E-state index in [0.717, 1.165) is 11.1 Å². The zero-order valence-electron chi connectivity index (χ0n) is 18.8. The summed E-state index contributed by atoms with van der Waals surface area (Å²) in [7, 11) is -3.52. The number of nitrogens with one attached hydrogen (secondary N) is 1. The maximum Gasteiger partial charge on any atom is 0.243 e. The minimum Gasteiger partial charge on any atom is -0.339 e. The summed E-state index contributed by atoms with van der Waals surface area (Å²) in [6.07, 6.45) is 0. The Hall–Kier alpha value is -2.22. The molecule has 2 aromatic carbocycles. The number of sulfonamides is 1. The Morgan fingerprint density at radius 2 is 1.45 bits per heavy atom. The van der Waals surface area contributed by atoms with Crippen LogP contribution in [0.15, 0.2) is 53.4 Å². The van der Waals surface area contributed by atoms with Gasteiger partial charge in [0.2, 0.25) is 15.9 Å². The van der Waals surface area contributed by atoms with Gasteiger partial charge in [0.15, 0.2) is 0 Å². The Bertz CT molecular complexity index is 978. The Morgan fingerprint density at radius 1 is 0.903 bits per heavy atom. The average Bonchev–Trinajstić information content (AvgIpc) is 2.77. The zero-order chi connectivity index (χ0) is 22.6. The SMILES string of the molecule is Cc1ccc(S(=O)(=O)N2CCN(C(=O)CN[C@H](C)c3ccc(C(C)C)cc3)CC2)cc1. The van der Waals surface area contributed by atoms with Crippen molar-refractivity contribution in [2.75, 3.05) is 32.7 Å². The van der Waals surface area contributed by atoms with Crippen LogP contribution in [0.5, 0.6) is 0 Å². The van der Waals surface area contributed by atoms with Gasteiger partial charge >= 0.3 is 0 Å². The number of carbonyl (C=O) groups is 1. The number of carbonyl (C=O) groups excluding carboxylic acids is 1. The van der Waals surface area contributed by atoms with Crippen molar-refractivity contribution in [3.8, 4) is 0 Å². The van der Waals surface area contributed by atoms with E-state index in [1.165, 1.54) is 9.87 Å². The van der Waals surface area contributed by atoms with Crippen molar-refractivity contribution in [1.29, 1.82) is 0 Å². The number of nitrogens with zero attached hydrogens (tertiary/aromatic N) is 2. The van der Waals surface area contributed by atoms with Gasteiger partial charge in [-0.15, -0.1) is 0 Å². The van der Waals surface area contributed by atoms with Crippen LogP contribution in [-0.2, 0) is 14.8 Å². The summed E-state index contributed by atoms with van der Waals surface area (Å²) < 4.78 is 27.1. The molecule has 168 valence electrons. The standard InChI is InChI=1S/C24H33N3O3S/c1-18(2)21-7-9-22(10-8-21)20(4)25-17-24(28)26-13-15-27(16-14-26)31(29,30)23-11-5-19(3)6-12-23/h5-12,18,20,25H,13-17H2,1-4H3/t20-/m1/s1. The molecule has 3 rings (SSSR count). The van der Waals surface area contributed by atoms with Crippen LogP contribution in [0.3, 0.4) is 0 Å². The lowest BCUT2D eigenvalue weighted by atomic mass is 9.99. The molecule has 1 amide bonds. The van der Waals surface area contributed by atoms with E-state index in [1.54, 1.807) is 29.2 Å². The molecule has 1 atom stereocenters. The summed E-state index contributed by atoms with van der Waals surface area (Å²) in [5.41, 5.74) is 3.46. The maximum atomic E-state index is 12.8. The fraction of sp³-hybridized carbons (Fsp3) is 0.458. The van der Waals surface area contributed by atoms with E-state index < -0.39 is 10.0 Å². The number of hydrogen-bond acceptors (Lipinski definition) is 4. The summed E-state index contributed by atoms with van der Waals surface area (Å²) in [6, 6.07) is 15.4. The predicted octanol–water partition coefficient (Wildman–Crippen LogP) is 3.30. The van der Waals surface area contributed by atoms with Gasteiger partial charge in [-0.25, -0.2) is 8.42 Å². The van der Waals surface area contributed by atoms with Gasteiger partial charge in [-0.1, -0.05) is 55.8 Å². The normalized spacial score (nSPS) is 16.5. The summed E-state index contributed by atoms with van der Waals surface area (Å²) >= 11 is 0. The first kappa shape index (κ1) is 23.4. The average molecular weight is 444 g/mol. The molecule has 0 saturated carbocycles. The molecule has 0 radical (unpaired) electrons. The molecule has 2 aromatic rings. The van der Waals surface area contributed by atoms with E-state index >= 15 is 0 Å². The number of hydrogen-bond donors (Lipinski definition) is 1. The van der Waals surface area contributed by atoms with Crippen molar-refractivity contribution in [1.82, 2.24) is 14.5 Å². The van der Waals surface area contributed by atoms with Crippen LogP contribution in [0.25, 0.3) is 0 Å². The second-order valence-electron chi connectivity index (χ2n) is 8.52. The minimum absolute atomic E-state index is 0.00182. The summed E-state index contributed by atoms with van der Waals surface area (Å²) in [6.45, 7) is 9.98. The largest absolute Gasteiger partial charge is 0.339 e. The lowest BCUT2D eigenvalue weighted by Gasteiger charge is -2.34. The van der Waals surface area contributed by atoms with Gasteiger partial charge < -0.3 is 10.2 Å². The third-order valence-electron chi connectivity index (χ3n) is 5.91. The summed E-state index contributed by atoms with van der Waals surface area (Å²) in [4.78, 5) is 14.7. The van der Waals surface area contributed by atoms with Crippen LogP contribution in [0, 0.1) is 6.92 Å². The monoisotopic (exact) mass is 443 g/mol. The smallest absolute Gasteiger partial charge is 0.243 e. The highest BCUT2D eigenvalue weighted by atomic mass is 32.2. The third kappa shape index (κ3) is 5.73. The van der Waals surface area contributed by atoms with Crippen molar-refractivity contribution in [3.05, 3.63) is 65.2 Å². The van der Waals surface area contributed by atoms with Gasteiger partial charge in [-0.3, -0.25) is 4.79 Å². The lowest BCUT2D eigenvalue weighted by Crippen LogP contribution is -2.52. The molecule has 1 saturated heterocycles. The second kappa shape index (κ2) is 9.94. The molecule has 1 heterocycles. The minimum atomic E-state index is -3.52. The van der Waals surface area contributed by atoms with Crippen molar-refractivity contribution in [3.63, 3.8) is 0 Å². The Morgan fingerprint density at radius 3 is 2.00 bits per heavy atom. The molecule has 1 fully saturated rings. The van der Waals surface area contributed by atoms with E-state index in [1.807, 2.05) is 13.8 Å². The molecule has 0 spiro atoms. The maximum absolute atomic E-state index is 12.8. The van der Waals surface area contributed by atoms with Gasteiger partial charge in [0.25, 0.3) is 0 Å². The summed E-state index contributed by atoms with van der Waals surface area (Å²) in [5, 5.41) is 3.29. The molecule has 31 heavy (non-hydrogen) atoms. The molecule has 0 unspecified atom stereocenters. The first-order chi connectivity index (χ1) is 14.7. The second-order valence-corrected chi connectivity index (χ2v) is 10.5. The third-order valence-corrected chi connectivity index (χ3v) is 7.83. The highest BCUT2D eigenvalue weighted by molar-refractivity contribution is 7.89. The van der Waals surface area contributed by atoms with Crippen LogP contribution in [0.1, 0.15) is 49.4 Å². The van der Waals surface area contributed by atoms with Crippen molar-refractivity contribution in [2.24, 2.45) is 0 Å². The number of rotatable bonds is 7. The van der Waals surface area contributed by atoms with Gasteiger partial charge in [-0.05, 0) is 43.0 Å². The topological polar surface area (TPSA) is 69.7 Å². The number of benzene rings is 2. The van der Waals surface area contributed by atoms with Crippen molar-refractivity contribution >= 4 is 15.9 Å². The molecule has 0 bridgehead atoms. The molecule has 0 aromatic heterocycles. The number of aryl methyl sites for hydroxylation is 1. The van der Waals surface area contributed by atoms with E-state index in [9.17, 15) is 13.2 Å². The molecule has 1 aliphatic rings. The molecular formula is C24H33N3O3S. The Balaban J connectivity index is 1.50. The molecule has 1 aliphatic heterocycles. The lowest BCUT2D eigenvalue weighted by molar-refractivity contribution is -0.131. The quantitative estimate of drug-likeness (QED) is 0.713. The van der Waals surface area contributed by atoms with E-state index in [-0.39, 0.29) is 18.5 Å². The van der Waals surface area contributed by atoms with Crippen LogP contribution in [-0.4, -0.2) is 56.3 Å².